The minimum absolute atomic E-state index is 0.0180. The van der Waals surface area contributed by atoms with Crippen LogP contribution in [-0.2, 0) is 11.2 Å². The summed E-state index contributed by atoms with van der Waals surface area (Å²) in [5, 5.41) is 12.5. The van der Waals surface area contributed by atoms with Crippen molar-refractivity contribution in [3.63, 3.8) is 0 Å². The summed E-state index contributed by atoms with van der Waals surface area (Å²) in [4.78, 5) is 25.5. The van der Waals surface area contributed by atoms with Crippen molar-refractivity contribution in [3.8, 4) is 34.1 Å². The number of carbonyl (C=O) groups excluding carboxylic acids is 1. The Kier molecular flexibility index (Phi) is 9.66. The molecule has 0 saturated heterocycles. The maximum absolute atomic E-state index is 13.3. The topological polar surface area (TPSA) is 84.9 Å². The lowest BCUT2D eigenvalue weighted by atomic mass is 9.99. The van der Waals surface area contributed by atoms with Crippen molar-refractivity contribution in [1.29, 1.82) is 0 Å². The second-order valence-corrected chi connectivity index (χ2v) is 10.7. The van der Waals surface area contributed by atoms with Crippen molar-refractivity contribution in [2.45, 2.75) is 18.9 Å². The van der Waals surface area contributed by atoms with Gasteiger partial charge in [-0.15, -0.1) is 0 Å². The monoisotopic (exact) mass is 657 g/mol. The molecule has 0 aliphatic rings. The molecule has 5 aromatic carbocycles. The molecular weight excluding hydrogens is 632 g/mol. The third-order valence-corrected chi connectivity index (χ3v) is 7.18. The maximum atomic E-state index is 13.3. The van der Waals surface area contributed by atoms with E-state index >= 15 is 0 Å². The lowest BCUT2D eigenvalue weighted by Crippen LogP contribution is -2.42. The van der Waals surface area contributed by atoms with Gasteiger partial charge in [0.05, 0.1) is 5.56 Å². The van der Waals surface area contributed by atoms with Gasteiger partial charge in [0.1, 0.15) is 29.0 Å². The number of nitrogens with one attached hydrogen (secondary N) is 1. The van der Waals surface area contributed by atoms with E-state index in [2.05, 4.69) is 21.2 Å². The fourth-order valence-corrected chi connectivity index (χ4v) is 4.87. The number of amides is 1. The Morgan fingerprint density at radius 3 is 2.16 bits per heavy atom. The van der Waals surface area contributed by atoms with E-state index in [1.807, 2.05) is 66.7 Å². The third-order valence-electron chi connectivity index (χ3n) is 6.69. The van der Waals surface area contributed by atoms with Crippen LogP contribution in [0.5, 0.6) is 23.0 Å². The highest BCUT2D eigenvalue weighted by molar-refractivity contribution is 9.10. The number of ether oxygens (including phenoxy) is 2. The first-order chi connectivity index (χ1) is 21.3. The van der Waals surface area contributed by atoms with E-state index in [9.17, 15) is 23.5 Å². The molecule has 0 saturated carbocycles. The Morgan fingerprint density at radius 2 is 1.43 bits per heavy atom. The van der Waals surface area contributed by atoms with Crippen LogP contribution in [0.3, 0.4) is 0 Å². The SMILES string of the molecule is O=C(N[C@@H](Cc1ccc(-c2ccccc2Oc2ccccc2)cc1)C(=O)O)c1cc(Br)ccc1Oc1cccc(C(F)F)c1. The fourth-order valence-electron chi connectivity index (χ4n) is 4.51. The van der Waals surface area contributed by atoms with E-state index < -0.39 is 24.3 Å². The van der Waals surface area contributed by atoms with Crippen LogP contribution < -0.4 is 14.8 Å². The zero-order chi connectivity index (χ0) is 31.1. The van der Waals surface area contributed by atoms with E-state index in [1.165, 1.54) is 36.4 Å². The normalized spacial score (nSPS) is 11.5. The van der Waals surface area contributed by atoms with Gasteiger partial charge in [0.2, 0.25) is 0 Å². The summed E-state index contributed by atoms with van der Waals surface area (Å²) in [6.45, 7) is 0. The molecule has 0 spiro atoms. The van der Waals surface area contributed by atoms with Crippen molar-refractivity contribution < 1.29 is 33.0 Å². The number of rotatable bonds is 11. The average Bonchev–Trinajstić information content (AvgIpc) is 3.03. The molecule has 0 heterocycles. The highest BCUT2D eigenvalue weighted by atomic mass is 79.9. The van der Waals surface area contributed by atoms with Crippen LogP contribution in [0.4, 0.5) is 8.78 Å². The number of carbonyl (C=O) groups is 2. The molecule has 0 aromatic heterocycles. The quantitative estimate of drug-likeness (QED) is 0.148. The number of aliphatic carboxylic acids is 1. The van der Waals surface area contributed by atoms with Gasteiger partial charge in [-0.1, -0.05) is 88.7 Å². The van der Waals surface area contributed by atoms with Crippen LogP contribution in [0.25, 0.3) is 11.1 Å². The first kappa shape index (κ1) is 30.4. The molecule has 6 nitrogen and oxygen atoms in total. The highest BCUT2D eigenvalue weighted by Gasteiger charge is 2.24. The molecule has 0 unspecified atom stereocenters. The summed E-state index contributed by atoms with van der Waals surface area (Å²) < 4.78 is 38.7. The van der Waals surface area contributed by atoms with E-state index in [0.29, 0.717) is 21.5 Å². The Balaban J connectivity index is 1.31. The van der Waals surface area contributed by atoms with Gasteiger partial charge >= 0.3 is 5.97 Å². The number of carboxylic acids is 1. The second-order valence-electron chi connectivity index (χ2n) is 9.79. The van der Waals surface area contributed by atoms with Crippen molar-refractivity contribution in [1.82, 2.24) is 5.32 Å². The van der Waals surface area contributed by atoms with E-state index in [1.54, 1.807) is 18.2 Å². The highest BCUT2D eigenvalue weighted by Crippen LogP contribution is 2.34. The molecule has 0 aliphatic carbocycles. The second kappa shape index (κ2) is 14.0. The van der Waals surface area contributed by atoms with Gasteiger partial charge in [-0.3, -0.25) is 4.79 Å². The van der Waals surface area contributed by atoms with Gasteiger partial charge < -0.3 is 19.9 Å². The van der Waals surface area contributed by atoms with Crippen molar-refractivity contribution in [3.05, 3.63) is 142 Å². The number of hydrogen-bond donors (Lipinski definition) is 2. The Morgan fingerprint density at radius 1 is 0.750 bits per heavy atom. The summed E-state index contributed by atoms with van der Waals surface area (Å²) in [5.41, 5.74) is 2.25. The van der Waals surface area contributed by atoms with Crippen molar-refractivity contribution in [2.75, 3.05) is 0 Å². The number of carboxylic acid groups (broad SMARTS) is 1. The van der Waals surface area contributed by atoms with E-state index in [-0.39, 0.29) is 29.0 Å². The van der Waals surface area contributed by atoms with Gasteiger partial charge in [0, 0.05) is 22.0 Å². The molecule has 0 fully saturated rings. The molecule has 222 valence electrons. The van der Waals surface area contributed by atoms with Crippen molar-refractivity contribution in [2.24, 2.45) is 0 Å². The summed E-state index contributed by atoms with van der Waals surface area (Å²) in [6.07, 6.45) is -2.67. The van der Waals surface area contributed by atoms with Crippen LogP contribution in [0.1, 0.15) is 27.9 Å². The molecule has 1 atom stereocenters. The van der Waals surface area contributed by atoms with Crippen LogP contribution in [0.15, 0.2) is 126 Å². The smallest absolute Gasteiger partial charge is 0.326 e. The number of halogens is 3. The summed E-state index contributed by atoms with van der Waals surface area (Å²) in [5.74, 6) is -0.326. The zero-order valence-corrected chi connectivity index (χ0v) is 24.7. The maximum Gasteiger partial charge on any atom is 0.326 e. The lowest BCUT2D eigenvalue weighted by Gasteiger charge is -2.17. The van der Waals surface area contributed by atoms with Gasteiger partial charge in [0.25, 0.3) is 12.3 Å². The lowest BCUT2D eigenvalue weighted by molar-refractivity contribution is -0.139. The molecule has 0 bridgehead atoms. The van der Waals surface area contributed by atoms with Gasteiger partial charge in [-0.05, 0) is 59.7 Å². The van der Waals surface area contributed by atoms with Gasteiger partial charge in [0.15, 0.2) is 0 Å². The molecule has 44 heavy (non-hydrogen) atoms. The number of alkyl halides is 2. The number of para-hydroxylation sites is 2. The van der Waals surface area contributed by atoms with Gasteiger partial charge in [-0.2, -0.15) is 0 Å². The molecular formula is C35H26BrF2NO5. The predicted octanol–water partition coefficient (Wildman–Crippen LogP) is 9.06. The van der Waals surface area contributed by atoms with Gasteiger partial charge in [-0.25, -0.2) is 13.6 Å². The minimum Gasteiger partial charge on any atom is -0.480 e. The van der Waals surface area contributed by atoms with Crippen LogP contribution >= 0.6 is 15.9 Å². The number of hydrogen-bond acceptors (Lipinski definition) is 4. The average molecular weight is 658 g/mol. The molecule has 5 aromatic rings. The third kappa shape index (κ3) is 7.67. The molecule has 9 heteroatoms. The summed E-state index contributed by atoms with van der Waals surface area (Å²) >= 11 is 3.32. The standard InChI is InChI=1S/C35H26BrF2NO5/c36-25-17-18-32(44-27-10-6-7-24(20-27)33(37)38)29(21-25)34(40)39-30(35(41)42)19-22-13-15-23(16-14-22)28-11-4-5-12-31(28)43-26-8-2-1-3-9-26/h1-18,20-21,30,33H,19H2,(H,39,40)(H,41,42)/t30-/m0/s1. The largest absolute Gasteiger partial charge is 0.480 e. The Hall–Kier alpha value is -5.02. The summed E-state index contributed by atoms with van der Waals surface area (Å²) in [7, 11) is 0. The molecule has 0 radical (unpaired) electrons. The predicted molar refractivity (Wildman–Crippen MR) is 167 cm³/mol. The van der Waals surface area contributed by atoms with E-state index in [0.717, 1.165) is 11.1 Å². The van der Waals surface area contributed by atoms with Crippen molar-refractivity contribution >= 4 is 27.8 Å². The fraction of sp³-hybridized carbons (Fsp3) is 0.0857. The number of benzene rings is 5. The molecule has 1 amide bonds. The van der Waals surface area contributed by atoms with E-state index in [4.69, 9.17) is 9.47 Å². The summed E-state index contributed by atoms with van der Waals surface area (Å²) in [6, 6.07) is 33.1. The molecule has 2 N–H and O–H groups in total. The molecule has 5 rings (SSSR count). The van der Waals surface area contributed by atoms with Crippen LogP contribution in [-0.4, -0.2) is 23.0 Å². The molecule has 0 aliphatic heterocycles. The Labute approximate surface area is 261 Å². The first-order valence-electron chi connectivity index (χ1n) is 13.6. The van der Waals surface area contributed by atoms with Crippen LogP contribution in [0, 0.1) is 0 Å². The first-order valence-corrected chi connectivity index (χ1v) is 14.4. The zero-order valence-electron chi connectivity index (χ0n) is 23.1. The Bertz CT molecular complexity index is 1760. The minimum atomic E-state index is -2.69. The van der Waals surface area contributed by atoms with Crippen LogP contribution in [0.2, 0.25) is 0 Å².